The molecule has 0 aromatic heterocycles. The minimum absolute atomic E-state index is 0.247. The van der Waals surface area contributed by atoms with Gasteiger partial charge in [0.25, 0.3) is 0 Å². The monoisotopic (exact) mass is 512 g/mol. The lowest BCUT2D eigenvalue weighted by Crippen LogP contribution is -2.56. The van der Waals surface area contributed by atoms with Crippen LogP contribution in [0.25, 0.3) is 0 Å². The van der Waals surface area contributed by atoms with E-state index in [4.69, 9.17) is 15.2 Å². The number of primary amides is 1. The number of fused-ring (bicyclic) bond motifs is 1. The molecule has 3 aromatic rings. The van der Waals surface area contributed by atoms with E-state index in [9.17, 15) is 18.0 Å². The molecule has 0 spiro atoms. The smallest absolute Gasteiger partial charge is 0.416 e. The Morgan fingerprint density at radius 2 is 1.59 bits per heavy atom. The van der Waals surface area contributed by atoms with Crippen LogP contribution < -0.4 is 15.2 Å². The number of alkyl halides is 3. The predicted molar refractivity (Wildman–Crippen MR) is 135 cm³/mol. The fourth-order valence-corrected chi connectivity index (χ4v) is 5.25. The van der Waals surface area contributed by atoms with E-state index in [1.807, 2.05) is 49.4 Å². The maximum Gasteiger partial charge on any atom is 0.416 e. The Kier molecular flexibility index (Phi) is 7.50. The first kappa shape index (κ1) is 26.5. The third-order valence-corrected chi connectivity index (χ3v) is 7.38. The average Bonchev–Trinajstić information content (AvgIpc) is 2.90. The van der Waals surface area contributed by atoms with Gasteiger partial charge in [0.1, 0.15) is 5.54 Å². The summed E-state index contributed by atoms with van der Waals surface area (Å²) >= 11 is 0. The van der Waals surface area contributed by atoms with Crippen molar-refractivity contribution in [3.63, 3.8) is 0 Å². The Balaban J connectivity index is 1.76. The number of rotatable bonds is 8. The van der Waals surface area contributed by atoms with Crippen LogP contribution in [0.1, 0.15) is 47.2 Å². The molecular formula is C29H31F3N2O3. The van der Waals surface area contributed by atoms with Gasteiger partial charge in [-0.3, -0.25) is 9.69 Å². The van der Waals surface area contributed by atoms with E-state index in [1.165, 1.54) is 12.1 Å². The summed E-state index contributed by atoms with van der Waals surface area (Å²) in [4.78, 5) is 15.2. The van der Waals surface area contributed by atoms with Gasteiger partial charge in [0.05, 0.1) is 19.8 Å². The third kappa shape index (κ3) is 5.16. The second-order valence-electron chi connectivity index (χ2n) is 9.40. The van der Waals surface area contributed by atoms with Gasteiger partial charge < -0.3 is 15.2 Å². The van der Waals surface area contributed by atoms with Gasteiger partial charge in [0.15, 0.2) is 11.5 Å². The number of aryl methyl sites for hydroxylation is 1. The number of amides is 1. The van der Waals surface area contributed by atoms with E-state index in [0.717, 1.165) is 34.4 Å². The highest BCUT2D eigenvalue weighted by atomic mass is 19.4. The zero-order valence-corrected chi connectivity index (χ0v) is 21.1. The fraction of sp³-hybridized carbons (Fsp3) is 0.345. The molecule has 0 saturated heterocycles. The summed E-state index contributed by atoms with van der Waals surface area (Å²) in [6, 6.07) is 18.3. The number of carbonyl (C=O) groups excluding carboxylic acids is 1. The van der Waals surface area contributed by atoms with Crippen molar-refractivity contribution >= 4 is 5.91 Å². The lowest BCUT2D eigenvalue weighted by Gasteiger charge is -2.47. The Bertz CT molecular complexity index is 1250. The number of benzene rings is 3. The molecule has 5 nitrogen and oxygen atoms in total. The summed E-state index contributed by atoms with van der Waals surface area (Å²) in [5.41, 5.74) is 7.90. The van der Waals surface area contributed by atoms with Crippen LogP contribution in [0.2, 0.25) is 0 Å². The maximum absolute atomic E-state index is 13.0. The third-order valence-electron chi connectivity index (χ3n) is 7.38. The van der Waals surface area contributed by atoms with Crippen LogP contribution in [0, 0.1) is 0 Å². The van der Waals surface area contributed by atoms with Gasteiger partial charge in [-0.05, 0) is 72.7 Å². The zero-order chi connectivity index (χ0) is 26.8. The molecule has 4 rings (SSSR count). The first-order valence-electron chi connectivity index (χ1n) is 12.1. The Morgan fingerprint density at radius 1 is 0.973 bits per heavy atom. The molecule has 0 unspecified atom stereocenters. The summed E-state index contributed by atoms with van der Waals surface area (Å²) < 4.78 is 50.2. The topological polar surface area (TPSA) is 64.8 Å². The Hall–Kier alpha value is -3.52. The van der Waals surface area contributed by atoms with Crippen LogP contribution in [0.5, 0.6) is 11.5 Å². The van der Waals surface area contributed by atoms with Crippen molar-refractivity contribution in [3.05, 3.63) is 94.5 Å². The normalized spacial score (nSPS) is 17.5. The van der Waals surface area contributed by atoms with Gasteiger partial charge in [0, 0.05) is 12.6 Å². The Labute approximate surface area is 215 Å². The van der Waals surface area contributed by atoms with Gasteiger partial charge in [-0.25, -0.2) is 0 Å². The molecule has 0 bridgehead atoms. The quantitative estimate of drug-likeness (QED) is 0.423. The molecule has 37 heavy (non-hydrogen) atoms. The molecule has 3 aromatic carbocycles. The van der Waals surface area contributed by atoms with E-state index in [2.05, 4.69) is 4.90 Å². The van der Waals surface area contributed by atoms with Crippen molar-refractivity contribution in [2.24, 2.45) is 5.73 Å². The number of hydrogen-bond donors (Lipinski definition) is 1. The van der Waals surface area contributed by atoms with E-state index in [0.29, 0.717) is 37.3 Å². The number of nitrogens with zero attached hydrogens (tertiary/aromatic N) is 1. The van der Waals surface area contributed by atoms with Gasteiger partial charge in [-0.2, -0.15) is 13.2 Å². The highest BCUT2D eigenvalue weighted by Crippen LogP contribution is 2.45. The number of halogens is 3. The van der Waals surface area contributed by atoms with Crippen LogP contribution in [0.4, 0.5) is 13.2 Å². The van der Waals surface area contributed by atoms with E-state index >= 15 is 0 Å². The van der Waals surface area contributed by atoms with Crippen LogP contribution in [-0.2, 0) is 29.4 Å². The molecule has 0 saturated carbocycles. The minimum atomic E-state index is -4.38. The van der Waals surface area contributed by atoms with Gasteiger partial charge in [-0.1, -0.05) is 42.5 Å². The molecule has 1 aliphatic heterocycles. The van der Waals surface area contributed by atoms with Crippen LogP contribution in [-0.4, -0.2) is 31.6 Å². The molecule has 1 amide bonds. The number of nitrogens with two attached hydrogens (primary N) is 1. The first-order chi connectivity index (χ1) is 17.6. The van der Waals surface area contributed by atoms with Crippen LogP contribution >= 0.6 is 0 Å². The number of ether oxygens (including phenoxy) is 2. The summed E-state index contributed by atoms with van der Waals surface area (Å²) in [7, 11) is 3.15. The molecule has 2 atom stereocenters. The predicted octanol–water partition coefficient (Wildman–Crippen LogP) is 5.66. The summed E-state index contributed by atoms with van der Waals surface area (Å²) in [5.74, 6) is 0.724. The highest BCUT2D eigenvalue weighted by molar-refractivity contribution is 5.86. The molecule has 1 heterocycles. The van der Waals surface area contributed by atoms with Crippen LogP contribution in [0.15, 0.2) is 66.7 Å². The molecule has 2 N–H and O–H groups in total. The molecule has 0 radical (unpaired) electrons. The minimum Gasteiger partial charge on any atom is -0.493 e. The second-order valence-corrected chi connectivity index (χ2v) is 9.40. The SMILES string of the molecule is COc1cc2c(cc1OC)[C@H](CCc1ccc(C(F)(F)F)cc1)N([C@@](C)(C(N)=O)c1ccccc1)CC2. The van der Waals surface area contributed by atoms with Crippen molar-refractivity contribution in [2.75, 3.05) is 20.8 Å². The van der Waals surface area contributed by atoms with Crippen molar-refractivity contribution < 1.29 is 27.4 Å². The van der Waals surface area contributed by atoms with Gasteiger partial charge in [-0.15, -0.1) is 0 Å². The van der Waals surface area contributed by atoms with E-state index in [1.54, 1.807) is 14.2 Å². The molecule has 0 fully saturated rings. The summed E-state index contributed by atoms with van der Waals surface area (Å²) in [5, 5.41) is 0. The molecule has 8 heteroatoms. The van der Waals surface area contributed by atoms with Crippen molar-refractivity contribution in [1.29, 1.82) is 0 Å². The van der Waals surface area contributed by atoms with Crippen molar-refractivity contribution in [2.45, 2.75) is 43.9 Å². The molecular weight excluding hydrogens is 481 g/mol. The zero-order valence-electron chi connectivity index (χ0n) is 21.1. The number of hydrogen-bond acceptors (Lipinski definition) is 4. The molecule has 196 valence electrons. The second kappa shape index (κ2) is 10.5. The maximum atomic E-state index is 13.0. The largest absolute Gasteiger partial charge is 0.493 e. The lowest BCUT2D eigenvalue weighted by atomic mass is 9.81. The highest BCUT2D eigenvalue weighted by Gasteiger charge is 2.45. The fourth-order valence-electron chi connectivity index (χ4n) is 5.25. The standard InChI is InChI=1S/C29H31F3N2O3/c1-28(27(33)35,21-7-5-4-6-8-21)34-16-15-20-17-25(36-2)26(37-3)18-23(20)24(34)14-11-19-9-12-22(13-10-19)29(30,31)32/h4-10,12-13,17-18,24H,11,14-16H2,1-3H3,(H2,33,35)/t24-,28+/m0/s1. The molecule has 0 aliphatic carbocycles. The average molecular weight is 513 g/mol. The molecule has 1 aliphatic rings. The summed E-state index contributed by atoms with van der Waals surface area (Å²) in [6.07, 6.45) is -2.64. The van der Waals surface area contributed by atoms with Crippen molar-refractivity contribution in [1.82, 2.24) is 4.90 Å². The number of methoxy groups -OCH3 is 2. The van der Waals surface area contributed by atoms with Gasteiger partial charge >= 0.3 is 6.18 Å². The van der Waals surface area contributed by atoms with Crippen molar-refractivity contribution in [3.8, 4) is 11.5 Å². The Morgan fingerprint density at radius 3 is 2.16 bits per heavy atom. The van der Waals surface area contributed by atoms with E-state index in [-0.39, 0.29) is 6.04 Å². The first-order valence-corrected chi connectivity index (χ1v) is 12.1. The summed E-state index contributed by atoms with van der Waals surface area (Å²) in [6.45, 7) is 2.40. The van der Waals surface area contributed by atoms with Gasteiger partial charge in [0.2, 0.25) is 5.91 Å². The van der Waals surface area contributed by atoms with E-state index < -0.39 is 23.2 Å². The lowest BCUT2D eigenvalue weighted by molar-refractivity contribution is -0.137. The van der Waals surface area contributed by atoms with Crippen LogP contribution in [0.3, 0.4) is 0 Å². The number of carbonyl (C=O) groups is 1.